The van der Waals surface area contributed by atoms with Crippen molar-refractivity contribution in [3.63, 3.8) is 0 Å². The molecule has 10 atom stereocenters. The highest BCUT2D eigenvalue weighted by Crippen LogP contribution is 2.67. The van der Waals surface area contributed by atoms with Crippen LogP contribution in [0.4, 0.5) is 0 Å². The van der Waals surface area contributed by atoms with Gasteiger partial charge in [0, 0.05) is 5.92 Å². The highest BCUT2D eigenvalue weighted by Gasteiger charge is 2.63. The quantitative estimate of drug-likeness (QED) is 0.427. The third-order valence-corrected chi connectivity index (χ3v) is 10.3. The molecular weight excluding hydrogens is 420 g/mol. The van der Waals surface area contributed by atoms with Gasteiger partial charge in [-0.15, -0.1) is 0 Å². The fourth-order valence-corrected chi connectivity index (χ4v) is 8.37. The molecule has 4 aliphatic rings. The first kappa shape index (κ1) is 25.3. The van der Waals surface area contributed by atoms with Crippen LogP contribution in [0, 0.1) is 34.5 Å². The molecule has 0 bridgehead atoms. The molecule has 0 radical (unpaired) electrons. The monoisotopic (exact) mass is 464 g/mol. The first-order chi connectivity index (χ1) is 15.1. The van der Waals surface area contributed by atoms with Crippen LogP contribution in [0.25, 0.3) is 0 Å². The summed E-state index contributed by atoms with van der Waals surface area (Å²) in [6, 6.07) is 0. The lowest BCUT2D eigenvalue weighted by molar-refractivity contribution is -0.151. The second-order valence-electron chi connectivity index (χ2n) is 13.1. The van der Waals surface area contributed by atoms with Crippen molar-refractivity contribution in [2.45, 2.75) is 115 Å². The van der Waals surface area contributed by atoms with E-state index in [0.29, 0.717) is 25.7 Å². The summed E-state index contributed by atoms with van der Waals surface area (Å²) in [7, 11) is 0. The van der Waals surface area contributed by atoms with Crippen LogP contribution in [-0.4, -0.2) is 60.8 Å². The number of carbonyl (C=O) groups excluding carboxylic acids is 1. The van der Waals surface area contributed by atoms with E-state index in [0.717, 1.165) is 25.7 Å². The molecule has 33 heavy (non-hydrogen) atoms. The van der Waals surface area contributed by atoms with Crippen molar-refractivity contribution in [2.24, 2.45) is 34.5 Å². The first-order valence-corrected chi connectivity index (χ1v) is 12.9. The van der Waals surface area contributed by atoms with Crippen molar-refractivity contribution in [3.8, 4) is 0 Å². The number of rotatable bonds is 5. The van der Waals surface area contributed by atoms with Gasteiger partial charge < -0.3 is 25.5 Å². The molecule has 0 saturated heterocycles. The molecular formula is C27H44O6. The molecule has 4 rings (SSSR count). The molecule has 6 nitrogen and oxygen atoms in total. The molecule has 5 N–H and O–H groups in total. The van der Waals surface area contributed by atoms with Crippen molar-refractivity contribution in [1.82, 2.24) is 0 Å². The molecule has 0 amide bonds. The van der Waals surface area contributed by atoms with Gasteiger partial charge in [-0.05, 0) is 107 Å². The van der Waals surface area contributed by atoms with Crippen molar-refractivity contribution < 1.29 is 30.3 Å². The minimum absolute atomic E-state index is 0.0689. The molecule has 0 aromatic heterocycles. The summed E-state index contributed by atoms with van der Waals surface area (Å²) in [4.78, 5) is 13.2. The number of aliphatic hydroxyl groups excluding tert-OH is 3. The molecule has 0 heterocycles. The fraction of sp³-hybridized carbons (Fsp3) is 0.889. The van der Waals surface area contributed by atoms with Gasteiger partial charge in [-0.25, -0.2) is 0 Å². The van der Waals surface area contributed by atoms with Gasteiger partial charge in [0.25, 0.3) is 0 Å². The van der Waals surface area contributed by atoms with Gasteiger partial charge in [0.2, 0.25) is 0 Å². The van der Waals surface area contributed by atoms with Crippen molar-refractivity contribution in [1.29, 1.82) is 0 Å². The minimum Gasteiger partial charge on any atom is -0.390 e. The maximum absolute atomic E-state index is 13.2. The Hall–Kier alpha value is -0.790. The molecule has 6 heteroatoms. The van der Waals surface area contributed by atoms with E-state index in [-0.39, 0.29) is 40.3 Å². The minimum atomic E-state index is -1.28. The second-order valence-corrected chi connectivity index (χ2v) is 13.1. The predicted molar refractivity (Wildman–Crippen MR) is 125 cm³/mol. The van der Waals surface area contributed by atoms with E-state index < -0.39 is 29.5 Å². The number of allylic oxidation sites excluding steroid dienone is 2. The van der Waals surface area contributed by atoms with E-state index in [9.17, 15) is 30.3 Å². The fourth-order valence-electron chi connectivity index (χ4n) is 8.37. The molecule has 0 aliphatic heterocycles. The van der Waals surface area contributed by atoms with E-state index in [1.54, 1.807) is 20.8 Å². The second kappa shape index (κ2) is 8.12. The summed E-state index contributed by atoms with van der Waals surface area (Å²) in [6.07, 6.45) is 4.21. The van der Waals surface area contributed by atoms with Crippen LogP contribution >= 0.6 is 0 Å². The molecule has 0 aromatic rings. The number of aliphatic hydroxyl groups is 5. The van der Waals surface area contributed by atoms with Crippen LogP contribution in [0.15, 0.2) is 11.6 Å². The highest BCUT2D eigenvalue weighted by atomic mass is 16.3. The van der Waals surface area contributed by atoms with Crippen LogP contribution in [0.3, 0.4) is 0 Å². The molecule has 3 fully saturated rings. The Balaban J connectivity index is 1.61. The molecule has 0 aromatic carbocycles. The van der Waals surface area contributed by atoms with E-state index in [1.165, 1.54) is 5.57 Å². The normalized spacial score (nSPS) is 46.0. The Kier molecular flexibility index (Phi) is 6.23. The van der Waals surface area contributed by atoms with Gasteiger partial charge in [0.05, 0.1) is 29.5 Å². The first-order valence-electron chi connectivity index (χ1n) is 12.9. The van der Waals surface area contributed by atoms with Gasteiger partial charge in [-0.3, -0.25) is 4.79 Å². The van der Waals surface area contributed by atoms with Gasteiger partial charge in [0.1, 0.15) is 0 Å². The van der Waals surface area contributed by atoms with E-state index in [4.69, 9.17) is 0 Å². The number of hydrogen-bond acceptors (Lipinski definition) is 6. The van der Waals surface area contributed by atoms with Crippen molar-refractivity contribution in [3.05, 3.63) is 11.6 Å². The standard InChI is InChI=1S/C27H44O6/c1-24(2,32)10-9-23(31)27(5,33)22-7-6-16-15-12-19(28)18-13-20(29)21(30)14-26(18,4)17(15)8-11-25(16,22)3/h12,16-18,20-23,29-33H,6-11,13-14H2,1-5H3. The number of ketones is 1. The molecule has 188 valence electrons. The van der Waals surface area contributed by atoms with Gasteiger partial charge >= 0.3 is 0 Å². The lowest BCUT2D eigenvalue weighted by atomic mass is 9.47. The third-order valence-electron chi connectivity index (χ3n) is 10.3. The Morgan fingerprint density at radius 1 is 1.00 bits per heavy atom. The Morgan fingerprint density at radius 2 is 1.64 bits per heavy atom. The molecule has 0 spiro atoms. The van der Waals surface area contributed by atoms with Gasteiger partial charge in [0.15, 0.2) is 5.78 Å². The lowest BCUT2D eigenvalue weighted by Gasteiger charge is -2.58. The van der Waals surface area contributed by atoms with E-state index in [2.05, 4.69) is 13.8 Å². The Labute approximate surface area is 198 Å². The SMILES string of the molecule is CC(C)(O)CCC(O)C(C)(O)C1CCC2C3=CC(=O)C4CC(O)C(O)CC4(C)C3CCC21C. The summed E-state index contributed by atoms with van der Waals surface area (Å²) in [6.45, 7) is 9.49. The number of carbonyl (C=O) groups is 1. The third kappa shape index (κ3) is 4.04. The average molecular weight is 465 g/mol. The van der Waals surface area contributed by atoms with Crippen LogP contribution in [0.5, 0.6) is 0 Å². The van der Waals surface area contributed by atoms with Gasteiger partial charge in [-0.1, -0.05) is 19.4 Å². The summed E-state index contributed by atoms with van der Waals surface area (Å²) < 4.78 is 0. The zero-order valence-corrected chi connectivity index (χ0v) is 20.9. The smallest absolute Gasteiger partial charge is 0.159 e. The van der Waals surface area contributed by atoms with Crippen molar-refractivity contribution >= 4 is 5.78 Å². The van der Waals surface area contributed by atoms with Crippen LogP contribution < -0.4 is 0 Å². The van der Waals surface area contributed by atoms with Gasteiger partial charge in [-0.2, -0.15) is 0 Å². The maximum Gasteiger partial charge on any atom is 0.159 e. The maximum atomic E-state index is 13.2. The van der Waals surface area contributed by atoms with E-state index in [1.807, 2.05) is 6.08 Å². The van der Waals surface area contributed by atoms with Crippen molar-refractivity contribution in [2.75, 3.05) is 0 Å². The Bertz CT molecular complexity index is 812. The van der Waals surface area contributed by atoms with Crippen LogP contribution in [-0.2, 0) is 4.79 Å². The topological polar surface area (TPSA) is 118 Å². The molecule has 10 unspecified atom stereocenters. The Morgan fingerprint density at radius 3 is 2.27 bits per heavy atom. The molecule has 4 aliphatic carbocycles. The zero-order chi connectivity index (χ0) is 24.6. The van der Waals surface area contributed by atoms with E-state index >= 15 is 0 Å². The lowest BCUT2D eigenvalue weighted by Crippen LogP contribution is -2.57. The summed E-state index contributed by atoms with van der Waals surface area (Å²) in [5.74, 6) is 0.0783. The zero-order valence-electron chi connectivity index (χ0n) is 20.9. The summed E-state index contributed by atoms with van der Waals surface area (Å²) in [5, 5.41) is 53.3. The molecule has 3 saturated carbocycles. The number of hydrogen-bond donors (Lipinski definition) is 5. The summed E-state index contributed by atoms with van der Waals surface area (Å²) >= 11 is 0. The number of fused-ring (bicyclic) bond motifs is 5. The van der Waals surface area contributed by atoms with Crippen LogP contribution in [0.2, 0.25) is 0 Å². The average Bonchev–Trinajstić information content (AvgIpc) is 3.06. The van der Waals surface area contributed by atoms with Crippen LogP contribution in [0.1, 0.15) is 86.0 Å². The predicted octanol–water partition coefficient (Wildman–Crippen LogP) is 2.74. The highest BCUT2D eigenvalue weighted by molar-refractivity contribution is 5.94. The summed E-state index contributed by atoms with van der Waals surface area (Å²) in [5.41, 5.74) is -1.58. The largest absolute Gasteiger partial charge is 0.390 e.